The number of rotatable bonds is 6. The van der Waals surface area contributed by atoms with Gasteiger partial charge < -0.3 is 14.8 Å². The van der Waals surface area contributed by atoms with E-state index in [1.807, 2.05) is 30.3 Å². The van der Waals surface area contributed by atoms with Crippen LogP contribution in [0.1, 0.15) is 30.9 Å². The average Bonchev–Trinajstić information content (AvgIpc) is 2.66. The van der Waals surface area contributed by atoms with Gasteiger partial charge in [-0.25, -0.2) is 0 Å². The molecule has 0 aromatic heterocycles. The van der Waals surface area contributed by atoms with E-state index in [0.29, 0.717) is 23.1 Å². The van der Waals surface area contributed by atoms with Gasteiger partial charge in [-0.3, -0.25) is 4.79 Å². The van der Waals surface area contributed by atoms with E-state index in [0.717, 1.165) is 5.56 Å². The lowest BCUT2D eigenvalue weighted by atomic mass is 10.0. The van der Waals surface area contributed by atoms with Gasteiger partial charge in [-0.05, 0) is 35.3 Å². The molecule has 0 aliphatic heterocycles. The number of methoxy groups -OCH3 is 2. The molecule has 0 atom stereocenters. The lowest BCUT2D eigenvalue weighted by molar-refractivity contribution is -0.112. The number of carbonyl (C=O) groups is 1. The third-order valence-corrected chi connectivity index (χ3v) is 3.92. The van der Waals surface area contributed by atoms with Crippen molar-refractivity contribution in [1.29, 1.82) is 5.26 Å². The number of ether oxygens (including phenoxy) is 2. The highest BCUT2D eigenvalue weighted by Gasteiger charge is 2.12. The number of nitrogens with zero attached hydrogens (tertiary/aromatic N) is 1. The maximum absolute atomic E-state index is 12.4. The molecule has 0 saturated carbocycles. The maximum Gasteiger partial charge on any atom is 0.266 e. The van der Waals surface area contributed by atoms with Gasteiger partial charge in [-0.15, -0.1) is 0 Å². The molecule has 0 bridgehead atoms. The van der Waals surface area contributed by atoms with E-state index in [9.17, 15) is 10.1 Å². The zero-order valence-corrected chi connectivity index (χ0v) is 15.4. The van der Waals surface area contributed by atoms with E-state index >= 15 is 0 Å². The lowest BCUT2D eigenvalue weighted by Crippen LogP contribution is -2.13. The van der Waals surface area contributed by atoms with E-state index in [-0.39, 0.29) is 5.57 Å². The Morgan fingerprint density at radius 1 is 1.08 bits per heavy atom. The highest BCUT2D eigenvalue weighted by molar-refractivity contribution is 6.09. The zero-order valence-electron chi connectivity index (χ0n) is 15.4. The quantitative estimate of drug-likeness (QED) is 0.620. The number of hydrogen-bond acceptors (Lipinski definition) is 4. The minimum Gasteiger partial charge on any atom is -0.493 e. The van der Waals surface area contributed by atoms with Gasteiger partial charge in [0, 0.05) is 11.8 Å². The molecule has 0 aliphatic rings. The molecule has 0 saturated heterocycles. The van der Waals surface area contributed by atoms with Crippen LogP contribution in [0, 0.1) is 11.3 Å². The average molecular weight is 350 g/mol. The topological polar surface area (TPSA) is 71.3 Å². The summed E-state index contributed by atoms with van der Waals surface area (Å²) in [6, 6.07) is 14.8. The summed E-state index contributed by atoms with van der Waals surface area (Å²) in [6.45, 7) is 4.23. The molecule has 5 heteroatoms. The molecule has 0 unspecified atom stereocenters. The summed E-state index contributed by atoms with van der Waals surface area (Å²) in [6.07, 6.45) is 1.57. The molecule has 26 heavy (non-hydrogen) atoms. The van der Waals surface area contributed by atoms with Crippen molar-refractivity contribution in [3.8, 4) is 17.6 Å². The molecule has 2 aromatic rings. The highest BCUT2D eigenvalue weighted by atomic mass is 16.5. The van der Waals surface area contributed by atoms with Gasteiger partial charge in [0.25, 0.3) is 5.91 Å². The monoisotopic (exact) mass is 350 g/mol. The molecule has 0 spiro atoms. The van der Waals surface area contributed by atoms with Crippen LogP contribution < -0.4 is 14.8 Å². The second-order valence-corrected chi connectivity index (χ2v) is 6.02. The molecule has 134 valence electrons. The second-order valence-electron chi connectivity index (χ2n) is 6.02. The van der Waals surface area contributed by atoms with Crippen LogP contribution in [0.5, 0.6) is 11.5 Å². The standard InChI is InChI=1S/C21H22N2O3/c1-14(2)16-7-5-15(6-8-16)11-17(13-22)21(24)23-18-9-10-19(25-3)20(12-18)26-4/h5-12,14H,1-4H3,(H,23,24). The summed E-state index contributed by atoms with van der Waals surface area (Å²) in [5.74, 6) is 1.01. The Labute approximate surface area is 153 Å². The first kappa shape index (κ1) is 19.1. The molecule has 0 fully saturated rings. The molecular formula is C21H22N2O3. The van der Waals surface area contributed by atoms with Crippen molar-refractivity contribution in [2.75, 3.05) is 19.5 Å². The third kappa shape index (κ3) is 4.64. The van der Waals surface area contributed by atoms with Gasteiger partial charge in [0.15, 0.2) is 11.5 Å². The number of anilines is 1. The summed E-state index contributed by atoms with van der Waals surface area (Å²) in [4.78, 5) is 12.4. The Kier molecular flexibility index (Phi) is 6.40. The molecule has 0 radical (unpaired) electrons. The van der Waals surface area contributed by atoms with Crippen LogP contribution in [0.3, 0.4) is 0 Å². The highest BCUT2D eigenvalue weighted by Crippen LogP contribution is 2.30. The van der Waals surface area contributed by atoms with E-state index in [4.69, 9.17) is 9.47 Å². The number of amides is 1. The molecule has 1 N–H and O–H groups in total. The zero-order chi connectivity index (χ0) is 19.1. The first-order valence-electron chi connectivity index (χ1n) is 8.23. The number of nitrogens with one attached hydrogen (secondary N) is 1. The maximum atomic E-state index is 12.4. The summed E-state index contributed by atoms with van der Waals surface area (Å²) in [5.41, 5.74) is 2.55. The minimum absolute atomic E-state index is 0.0251. The predicted molar refractivity (Wildman–Crippen MR) is 102 cm³/mol. The SMILES string of the molecule is COc1ccc(NC(=O)C(C#N)=Cc2ccc(C(C)C)cc2)cc1OC. The Hall–Kier alpha value is -3.26. The summed E-state index contributed by atoms with van der Waals surface area (Å²) >= 11 is 0. The van der Waals surface area contributed by atoms with Crippen molar-refractivity contribution in [3.63, 3.8) is 0 Å². The molecular weight excluding hydrogens is 328 g/mol. The Balaban J connectivity index is 2.19. The van der Waals surface area contributed by atoms with E-state index in [1.165, 1.54) is 19.8 Å². The fourth-order valence-corrected chi connectivity index (χ4v) is 2.40. The van der Waals surface area contributed by atoms with Gasteiger partial charge >= 0.3 is 0 Å². The van der Waals surface area contributed by atoms with Crippen molar-refractivity contribution >= 4 is 17.7 Å². The fourth-order valence-electron chi connectivity index (χ4n) is 2.40. The Bertz CT molecular complexity index is 847. The van der Waals surface area contributed by atoms with E-state index in [1.54, 1.807) is 24.3 Å². The molecule has 1 amide bonds. The summed E-state index contributed by atoms with van der Waals surface area (Å²) in [5, 5.41) is 12.0. The molecule has 2 aromatic carbocycles. The van der Waals surface area contributed by atoms with Crippen LogP contribution in [0.25, 0.3) is 6.08 Å². The molecule has 2 rings (SSSR count). The van der Waals surface area contributed by atoms with Gasteiger partial charge in [0.05, 0.1) is 14.2 Å². The molecule has 0 aliphatic carbocycles. The fraction of sp³-hybridized carbons (Fsp3) is 0.238. The van der Waals surface area contributed by atoms with Gasteiger partial charge in [0.1, 0.15) is 11.6 Å². The number of benzene rings is 2. The van der Waals surface area contributed by atoms with Gasteiger partial charge in [-0.1, -0.05) is 38.1 Å². The largest absolute Gasteiger partial charge is 0.493 e. The van der Waals surface area contributed by atoms with Crippen LogP contribution in [0.15, 0.2) is 48.0 Å². The first-order chi connectivity index (χ1) is 12.5. The van der Waals surface area contributed by atoms with Crippen molar-refractivity contribution in [3.05, 3.63) is 59.2 Å². The van der Waals surface area contributed by atoms with Crippen molar-refractivity contribution in [2.24, 2.45) is 0 Å². The van der Waals surface area contributed by atoms with Crippen LogP contribution in [-0.4, -0.2) is 20.1 Å². The van der Waals surface area contributed by atoms with Crippen molar-refractivity contribution < 1.29 is 14.3 Å². The Morgan fingerprint density at radius 3 is 2.27 bits per heavy atom. The van der Waals surface area contributed by atoms with Gasteiger partial charge in [-0.2, -0.15) is 5.26 Å². The lowest BCUT2D eigenvalue weighted by Gasteiger charge is -2.10. The summed E-state index contributed by atoms with van der Waals surface area (Å²) < 4.78 is 10.4. The van der Waals surface area contributed by atoms with E-state index < -0.39 is 5.91 Å². The normalized spacial score (nSPS) is 11.0. The number of hydrogen-bond donors (Lipinski definition) is 1. The van der Waals surface area contributed by atoms with Gasteiger partial charge in [0.2, 0.25) is 0 Å². The van der Waals surface area contributed by atoms with Crippen molar-refractivity contribution in [2.45, 2.75) is 19.8 Å². The number of nitriles is 1. The van der Waals surface area contributed by atoms with Crippen LogP contribution in [-0.2, 0) is 4.79 Å². The third-order valence-electron chi connectivity index (χ3n) is 3.92. The van der Waals surface area contributed by atoms with Crippen LogP contribution in [0.2, 0.25) is 0 Å². The van der Waals surface area contributed by atoms with Crippen LogP contribution >= 0.6 is 0 Å². The second kappa shape index (κ2) is 8.72. The number of carbonyl (C=O) groups excluding carboxylic acids is 1. The van der Waals surface area contributed by atoms with Crippen LogP contribution in [0.4, 0.5) is 5.69 Å². The predicted octanol–water partition coefficient (Wildman–Crippen LogP) is 4.37. The summed E-state index contributed by atoms with van der Waals surface area (Å²) in [7, 11) is 3.06. The smallest absolute Gasteiger partial charge is 0.266 e. The van der Waals surface area contributed by atoms with Crippen molar-refractivity contribution in [1.82, 2.24) is 0 Å². The molecule has 0 heterocycles. The minimum atomic E-state index is -0.479. The van der Waals surface area contributed by atoms with E-state index in [2.05, 4.69) is 19.2 Å². The molecule has 5 nitrogen and oxygen atoms in total. The Morgan fingerprint density at radius 2 is 1.73 bits per heavy atom. The first-order valence-corrected chi connectivity index (χ1v) is 8.23.